The summed E-state index contributed by atoms with van der Waals surface area (Å²) in [6.45, 7) is 6.62. The molecule has 24 heavy (non-hydrogen) atoms. The maximum Gasteiger partial charge on any atom is 0.279 e. The molecule has 0 unspecified atom stereocenters. The Bertz CT molecular complexity index is 500. The highest BCUT2D eigenvalue weighted by atomic mass is 16.2. The Hall–Kier alpha value is -1.39. The minimum Gasteiger partial charge on any atom is -0.331 e. The highest BCUT2D eigenvalue weighted by Gasteiger charge is 2.17. The van der Waals surface area contributed by atoms with Gasteiger partial charge in [-0.3, -0.25) is 4.79 Å². The summed E-state index contributed by atoms with van der Waals surface area (Å²) in [6, 6.07) is 8.46. The summed E-state index contributed by atoms with van der Waals surface area (Å²) < 4.78 is 0. The Labute approximate surface area is 146 Å². The van der Waals surface area contributed by atoms with E-state index < -0.39 is 0 Å². The summed E-state index contributed by atoms with van der Waals surface area (Å²) in [4.78, 5) is 15.4. The van der Waals surface area contributed by atoms with Crippen molar-refractivity contribution in [2.45, 2.75) is 51.5 Å². The van der Waals surface area contributed by atoms with Crippen LogP contribution in [0.5, 0.6) is 0 Å². The molecule has 2 aliphatic rings. The normalized spacial score (nSPS) is 20.5. The van der Waals surface area contributed by atoms with Gasteiger partial charge in [-0.15, -0.1) is 0 Å². The zero-order valence-corrected chi connectivity index (χ0v) is 14.9. The smallest absolute Gasteiger partial charge is 0.279 e. The molecule has 2 saturated heterocycles. The topological polar surface area (TPSA) is 38.0 Å². The highest BCUT2D eigenvalue weighted by molar-refractivity contribution is 5.91. The number of carbonyl (C=O) groups is 1. The molecular weight excluding hydrogens is 298 g/mol. The lowest BCUT2D eigenvalue weighted by Gasteiger charge is -2.21. The molecule has 0 spiro atoms. The molecule has 3 rings (SSSR count). The number of amides is 1. The van der Waals surface area contributed by atoms with Crippen LogP contribution in [0.1, 0.15) is 50.5 Å². The molecule has 0 aromatic heterocycles. The molecular formula is C20H33N3O+2. The van der Waals surface area contributed by atoms with Crippen LogP contribution in [0.2, 0.25) is 0 Å². The predicted octanol–water partition coefficient (Wildman–Crippen LogP) is 0.653. The second kappa shape index (κ2) is 9.19. The minimum absolute atomic E-state index is 0.156. The van der Waals surface area contributed by atoms with Gasteiger partial charge in [0.25, 0.3) is 5.91 Å². The number of rotatable bonds is 5. The van der Waals surface area contributed by atoms with Gasteiger partial charge in [-0.05, 0) is 37.8 Å². The van der Waals surface area contributed by atoms with Gasteiger partial charge in [0.05, 0.1) is 26.2 Å². The Morgan fingerprint density at radius 2 is 1.33 bits per heavy atom. The first-order valence-corrected chi connectivity index (χ1v) is 9.85. The monoisotopic (exact) mass is 331 g/mol. The van der Waals surface area contributed by atoms with Crippen LogP contribution >= 0.6 is 0 Å². The first-order valence-electron chi connectivity index (χ1n) is 9.85. The molecule has 2 heterocycles. The highest BCUT2D eigenvalue weighted by Crippen LogP contribution is 2.09. The van der Waals surface area contributed by atoms with E-state index in [1.807, 2.05) is 0 Å². The van der Waals surface area contributed by atoms with E-state index in [2.05, 4.69) is 29.6 Å². The average molecular weight is 332 g/mol. The van der Waals surface area contributed by atoms with Crippen LogP contribution in [0.3, 0.4) is 0 Å². The van der Waals surface area contributed by atoms with Crippen LogP contribution < -0.4 is 15.1 Å². The number of nitrogens with one attached hydrogen (secondary N) is 3. The molecule has 1 amide bonds. The molecule has 0 saturated carbocycles. The number of hydrogen-bond donors (Lipinski definition) is 3. The lowest BCUT2D eigenvalue weighted by molar-refractivity contribution is -0.901. The average Bonchev–Trinajstić information content (AvgIpc) is 3.05. The van der Waals surface area contributed by atoms with E-state index >= 15 is 0 Å². The summed E-state index contributed by atoms with van der Waals surface area (Å²) in [5.41, 5.74) is 2.31. The SMILES string of the molecule is O=C(C[NH+]1CCCCCCC1)Nc1ccc(C[NH+]2CCCC2)cc1. The van der Waals surface area contributed by atoms with Crippen LogP contribution in [0, 0.1) is 0 Å². The van der Waals surface area contributed by atoms with Gasteiger partial charge in [0.2, 0.25) is 0 Å². The molecule has 4 nitrogen and oxygen atoms in total. The molecule has 132 valence electrons. The summed E-state index contributed by atoms with van der Waals surface area (Å²) in [7, 11) is 0. The van der Waals surface area contributed by atoms with Crippen molar-refractivity contribution in [2.75, 3.05) is 38.0 Å². The van der Waals surface area contributed by atoms with E-state index in [0.29, 0.717) is 6.54 Å². The van der Waals surface area contributed by atoms with Crippen molar-refractivity contribution in [2.24, 2.45) is 0 Å². The second-order valence-electron chi connectivity index (χ2n) is 7.57. The van der Waals surface area contributed by atoms with Crippen LogP contribution in [0.4, 0.5) is 5.69 Å². The summed E-state index contributed by atoms with van der Waals surface area (Å²) in [6.07, 6.45) is 9.26. The predicted molar refractivity (Wildman–Crippen MR) is 97.4 cm³/mol. The summed E-state index contributed by atoms with van der Waals surface area (Å²) in [5.74, 6) is 0.156. The van der Waals surface area contributed by atoms with E-state index in [1.165, 1.54) is 68.5 Å². The minimum atomic E-state index is 0.156. The molecule has 0 atom stereocenters. The van der Waals surface area contributed by atoms with Gasteiger partial charge in [-0.2, -0.15) is 0 Å². The van der Waals surface area contributed by atoms with Crippen molar-refractivity contribution in [1.29, 1.82) is 0 Å². The molecule has 4 heteroatoms. The van der Waals surface area contributed by atoms with Crippen molar-refractivity contribution in [1.82, 2.24) is 0 Å². The number of quaternary nitrogens is 2. The fourth-order valence-corrected chi connectivity index (χ4v) is 4.06. The maximum atomic E-state index is 12.3. The van der Waals surface area contributed by atoms with E-state index in [9.17, 15) is 4.79 Å². The molecule has 0 bridgehead atoms. The van der Waals surface area contributed by atoms with Gasteiger partial charge in [0.1, 0.15) is 6.54 Å². The molecule has 1 aromatic carbocycles. The number of hydrogen-bond acceptors (Lipinski definition) is 1. The van der Waals surface area contributed by atoms with Crippen molar-refractivity contribution in [3.05, 3.63) is 29.8 Å². The Balaban J connectivity index is 1.45. The van der Waals surface area contributed by atoms with Crippen molar-refractivity contribution >= 4 is 11.6 Å². The van der Waals surface area contributed by atoms with Crippen molar-refractivity contribution < 1.29 is 14.6 Å². The molecule has 3 N–H and O–H groups in total. The molecule has 0 aliphatic carbocycles. The third-order valence-electron chi connectivity index (χ3n) is 5.47. The van der Waals surface area contributed by atoms with Crippen LogP contribution in [0.25, 0.3) is 0 Å². The standard InChI is InChI=1S/C20H31N3O/c24-20(17-23-12-4-2-1-3-5-13-23)21-19-10-8-18(9-11-19)16-22-14-6-7-15-22/h8-11H,1-7,12-17H2,(H,21,24)/p+2. The summed E-state index contributed by atoms with van der Waals surface area (Å²) in [5, 5.41) is 3.08. The van der Waals surface area contributed by atoms with Gasteiger partial charge < -0.3 is 15.1 Å². The van der Waals surface area contributed by atoms with Gasteiger partial charge in [-0.25, -0.2) is 0 Å². The molecule has 2 fully saturated rings. The number of likely N-dealkylation sites (tertiary alicyclic amines) is 2. The third kappa shape index (κ3) is 5.60. The zero-order chi connectivity index (χ0) is 16.6. The van der Waals surface area contributed by atoms with E-state index in [1.54, 1.807) is 4.90 Å². The third-order valence-corrected chi connectivity index (χ3v) is 5.47. The van der Waals surface area contributed by atoms with Gasteiger partial charge in [0.15, 0.2) is 6.54 Å². The van der Waals surface area contributed by atoms with E-state index in [-0.39, 0.29) is 5.91 Å². The lowest BCUT2D eigenvalue weighted by Crippen LogP contribution is -3.13. The van der Waals surface area contributed by atoms with Crippen LogP contribution in [-0.2, 0) is 11.3 Å². The number of benzene rings is 1. The van der Waals surface area contributed by atoms with Gasteiger partial charge in [0, 0.05) is 24.1 Å². The first-order chi connectivity index (χ1) is 11.8. The molecule has 1 aromatic rings. The van der Waals surface area contributed by atoms with Crippen molar-refractivity contribution in [3.63, 3.8) is 0 Å². The lowest BCUT2D eigenvalue weighted by atomic mass is 10.1. The Kier molecular flexibility index (Phi) is 6.67. The van der Waals surface area contributed by atoms with Crippen LogP contribution in [-0.4, -0.2) is 38.6 Å². The fraction of sp³-hybridized carbons (Fsp3) is 0.650. The van der Waals surface area contributed by atoms with Crippen LogP contribution in [0.15, 0.2) is 24.3 Å². The van der Waals surface area contributed by atoms with Gasteiger partial charge in [-0.1, -0.05) is 18.6 Å². The van der Waals surface area contributed by atoms with E-state index in [0.717, 1.165) is 25.3 Å². The first kappa shape index (κ1) is 17.4. The fourth-order valence-electron chi connectivity index (χ4n) is 4.06. The Morgan fingerprint density at radius 1 is 0.792 bits per heavy atom. The number of anilines is 1. The maximum absolute atomic E-state index is 12.3. The second-order valence-corrected chi connectivity index (χ2v) is 7.57. The largest absolute Gasteiger partial charge is 0.331 e. The van der Waals surface area contributed by atoms with Crippen molar-refractivity contribution in [3.8, 4) is 0 Å². The summed E-state index contributed by atoms with van der Waals surface area (Å²) >= 11 is 0. The molecule has 0 radical (unpaired) electrons. The van der Waals surface area contributed by atoms with E-state index in [4.69, 9.17) is 0 Å². The van der Waals surface area contributed by atoms with Gasteiger partial charge >= 0.3 is 0 Å². The Morgan fingerprint density at radius 3 is 2.00 bits per heavy atom. The zero-order valence-electron chi connectivity index (χ0n) is 14.9. The molecule has 2 aliphatic heterocycles. The quantitative estimate of drug-likeness (QED) is 0.728. The number of carbonyl (C=O) groups excluding carboxylic acids is 1.